The molecule has 0 spiro atoms. The first-order valence-electron chi connectivity index (χ1n) is 16.7. The third kappa shape index (κ3) is 31.4. The Hall–Kier alpha value is -1.33. The summed E-state index contributed by atoms with van der Waals surface area (Å²) in [5.41, 5.74) is 2.58. The second-order valence-corrected chi connectivity index (χ2v) is 12.8. The van der Waals surface area contributed by atoms with Gasteiger partial charge in [0.25, 0.3) is 0 Å². The number of carbonyl (C=O) groups excluding carboxylic acids is 2. The van der Waals surface area contributed by atoms with Crippen molar-refractivity contribution in [3.63, 3.8) is 0 Å². The highest BCUT2D eigenvalue weighted by atomic mass is 35.5. The molecule has 0 fully saturated rings. The highest BCUT2D eigenvalue weighted by Gasteiger charge is 2.20. The molecule has 242 valence electrons. The van der Waals surface area contributed by atoms with Crippen LogP contribution < -0.4 is 17.7 Å². The third-order valence-electron chi connectivity index (χ3n) is 7.59. The van der Waals surface area contributed by atoms with Crippen LogP contribution in [-0.2, 0) is 14.3 Å². The number of hydrogen-bond acceptors (Lipinski definition) is 3. The minimum atomic E-state index is -0.171. The van der Waals surface area contributed by atoms with E-state index >= 15 is 0 Å². The summed E-state index contributed by atoms with van der Waals surface area (Å²) in [6.07, 6.45) is 27.8. The number of halogens is 1. The van der Waals surface area contributed by atoms with Crippen LogP contribution in [0.3, 0.4) is 0 Å². The lowest BCUT2D eigenvalue weighted by Gasteiger charge is -2.28. The zero-order chi connectivity index (χ0) is 29.9. The highest BCUT2D eigenvalue weighted by molar-refractivity contribution is 5.75. The van der Waals surface area contributed by atoms with Crippen molar-refractivity contribution >= 4 is 11.9 Å². The lowest BCUT2D eigenvalue weighted by molar-refractivity contribution is -0.883. The summed E-state index contributed by atoms with van der Waals surface area (Å²) in [4.78, 5) is 24.4. The molecule has 0 aromatic rings. The van der Waals surface area contributed by atoms with E-state index in [0.29, 0.717) is 30.6 Å². The van der Waals surface area contributed by atoms with Gasteiger partial charge in [-0.05, 0) is 46.1 Å². The van der Waals surface area contributed by atoms with E-state index in [2.05, 4.69) is 39.1 Å². The maximum atomic E-state index is 12.3. The van der Waals surface area contributed by atoms with Gasteiger partial charge in [-0.15, -0.1) is 0 Å². The molecule has 0 aliphatic rings. The number of unbranched alkanes of at least 4 members (excludes halogenated alkanes) is 14. The summed E-state index contributed by atoms with van der Waals surface area (Å²) in [5, 5.41) is 3.05. The lowest BCUT2D eigenvalue weighted by Crippen LogP contribution is -3.00. The van der Waals surface area contributed by atoms with E-state index in [9.17, 15) is 9.59 Å². The molecule has 0 aliphatic heterocycles. The molecule has 0 aromatic heterocycles. The largest absolute Gasteiger partial charge is 1.00 e. The molecule has 0 rings (SSSR count). The Morgan fingerprint density at radius 1 is 0.707 bits per heavy atom. The van der Waals surface area contributed by atoms with E-state index in [1.807, 2.05) is 20.2 Å². The Morgan fingerprint density at radius 3 is 1.73 bits per heavy atom. The van der Waals surface area contributed by atoms with Crippen LogP contribution in [-0.4, -0.2) is 56.7 Å². The van der Waals surface area contributed by atoms with Gasteiger partial charge in [-0.3, -0.25) is 4.79 Å². The van der Waals surface area contributed by atoms with Gasteiger partial charge in [-0.2, -0.15) is 0 Å². The summed E-state index contributed by atoms with van der Waals surface area (Å²) in [5.74, 6) is -0.0123. The van der Waals surface area contributed by atoms with Crippen LogP contribution in [0.2, 0.25) is 0 Å². The van der Waals surface area contributed by atoms with Gasteiger partial charge in [0.05, 0.1) is 20.6 Å². The monoisotopic (exact) mass is 598 g/mol. The fourth-order valence-electron chi connectivity index (χ4n) is 4.92. The van der Waals surface area contributed by atoms with Gasteiger partial charge in [0, 0.05) is 19.4 Å². The molecule has 0 heterocycles. The van der Waals surface area contributed by atoms with E-state index in [1.165, 1.54) is 94.6 Å². The molecule has 0 atom stereocenters. The van der Waals surface area contributed by atoms with Crippen LogP contribution in [0.15, 0.2) is 23.3 Å². The molecule has 0 aromatic carbocycles. The number of ether oxygens (including phenoxy) is 1. The van der Waals surface area contributed by atoms with Crippen LogP contribution in [0.25, 0.3) is 0 Å². The zero-order valence-corrected chi connectivity index (χ0v) is 28.7. The Labute approximate surface area is 261 Å². The van der Waals surface area contributed by atoms with E-state index in [0.717, 1.165) is 38.6 Å². The highest BCUT2D eigenvalue weighted by Crippen LogP contribution is 2.14. The van der Waals surface area contributed by atoms with Crippen molar-refractivity contribution in [2.45, 2.75) is 150 Å². The van der Waals surface area contributed by atoms with Gasteiger partial charge in [0.15, 0.2) is 6.54 Å². The molecule has 5 nitrogen and oxygen atoms in total. The predicted molar refractivity (Wildman–Crippen MR) is 172 cm³/mol. The average Bonchev–Trinajstić information content (AvgIpc) is 2.88. The van der Waals surface area contributed by atoms with Crippen molar-refractivity contribution in [1.29, 1.82) is 0 Å². The van der Waals surface area contributed by atoms with E-state index in [4.69, 9.17) is 4.74 Å². The number of likely N-dealkylation sites (N-methyl/N-ethyl adjacent to an activating group) is 1. The van der Waals surface area contributed by atoms with Crippen LogP contribution in [0.5, 0.6) is 0 Å². The van der Waals surface area contributed by atoms with Gasteiger partial charge in [-0.25, -0.2) is 4.79 Å². The SMILES string of the molecule is CCCCCCCCCCCCCCCCCC(=O)NCCC[N+](C)(C)CC(=O)OCC=C(C)CCC=C(C)C.[Cl-]. The van der Waals surface area contributed by atoms with Crippen LogP contribution in [0.4, 0.5) is 0 Å². The molecule has 0 bridgehead atoms. The first-order chi connectivity index (χ1) is 19.2. The topological polar surface area (TPSA) is 55.4 Å². The van der Waals surface area contributed by atoms with Crippen LogP contribution >= 0.6 is 0 Å². The molecule has 0 aliphatic carbocycles. The third-order valence-corrected chi connectivity index (χ3v) is 7.59. The molecule has 1 amide bonds. The number of allylic oxidation sites excluding steroid dienone is 3. The lowest BCUT2D eigenvalue weighted by atomic mass is 10.0. The van der Waals surface area contributed by atoms with Gasteiger partial charge in [-0.1, -0.05) is 114 Å². The van der Waals surface area contributed by atoms with E-state index in [1.54, 1.807) is 0 Å². The predicted octanol–water partition coefficient (Wildman–Crippen LogP) is 6.07. The van der Waals surface area contributed by atoms with E-state index in [-0.39, 0.29) is 24.3 Å². The van der Waals surface area contributed by atoms with Crippen molar-refractivity contribution in [2.24, 2.45) is 0 Å². The summed E-state index contributed by atoms with van der Waals surface area (Å²) < 4.78 is 5.99. The molecule has 0 saturated carbocycles. The number of esters is 1. The average molecular weight is 599 g/mol. The number of hydrogen-bond donors (Lipinski definition) is 1. The number of carbonyl (C=O) groups is 2. The molecule has 41 heavy (non-hydrogen) atoms. The van der Waals surface area contributed by atoms with Gasteiger partial charge < -0.3 is 26.9 Å². The Balaban J connectivity index is 0. The Bertz CT molecular complexity index is 700. The fraction of sp³-hybridized carbons (Fsp3) is 0.829. The molecule has 0 unspecified atom stereocenters. The quantitative estimate of drug-likeness (QED) is 0.0540. The molecule has 6 heteroatoms. The minimum absolute atomic E-state index is 0. The van der Waals surface area contributed by atoms with Crippen molar-refractivity contribution in [1.82, 2.24) is 5.32 Å². The maximum absolute atomic E-state index is 12.3. The van der Waals surface area contributed by atoms with Crippen molar-refractivity contribution < 1.29 is 31.2 Å². The van der Waals surface area contributed by atoms with Crippen molar-refractivity contribution in [3.05, 3.63) is 23.3 Å². The van der Waals surface area contributed by atoms with Crippen molar-refractivity contribution in [3.8, 4) is 0 Å². The molecular weight excluding hydrogens is 532 g/mol. The number of quaternary nitrogens is 1. The summed E-state index contributed by atoms with van der Waals surface area (Å²) in [6, 6.07) is 0. The standard InChI is InChI=1S/C35H66N2O3.ClH/c1-7-8-9-10-11-12-13-14-15-16-17-18-19-20-21-26-34(38)36-28-23-29-37(5,6)31-35(39)40-30-27-33(4)25-22-24-32(2)3;/h24,27H,7-23,25-26,28-31H2,1-6H3;1H. The minimum Gasteiger partial charge on any atom is -1.00 e. The number of rotatable bonds is 27. The van der Waals surface area contributed by atoms with Crippen LogP contribution in [0, 0.1) is 0 Å². The number of nitrogens with one attached hydrogen (secondary N) is 1. The Kier molecular flexibility index (Phi) is 29.3. The van der Waals surface area contributed by atoms with Crippen LogP contribution in [0.1, 0.15) is 150 Å². The number of amides is 1. The normalized spacial score (nSPS) is 11.6. The summed E-state index contributed by atoms with van der Waals surface area (Å²) >= 11 is 0. The molecule has 0 radical (unpaired) electrons. The molecular formula is C35H67ClN2O3. The van der Waals surface area contributed by atoms with Crippen molar-refractivity contribution in [2.75, 3.05) is 40.3 Å². The maximum Gasteiger partial charge on any atom is 0.362 e. The summed E-state index contributed by atoms with van der Waals surface area (Å²) in [7, 11) is 4.08. The first kappa shape index (κ1) is 41.8. The Morgan fingerprint density at radius 2 is 1.22 bits per heavy atom. The van der Waals surface area contributed by atoms with Gasteiger partial charge in [0.2, 0.25) is 5.91 Å². The fourth-order valence-corrected chi connectivity index (χ4v) is 4.92. The molecule has 1 N–H and O–H groups in total. The number of nitrogens with zero attached hydrogens (tertiary/aromatic N) is 1. The zero-order valence-electron chi connectivity index (χ0n) is 28.0. The second-order valence-electron chi connectivity index (χ2n) is 12.8. The van der Waals surface area contributed by atoms with Gasteiger partial charge in [0.1, 0.15) is 6.61 Å². The smallest absolute Gasteiger partial charge is 0.362 e. The molecule has 0 saturated heterocycles. The first-order valence-corrected chi connectivity index (χ1v) is 16.7. The van der Waals surface area contributed by atoms with Gasteiger partial charge >= 0.3 is 5.97 Å². The van der Waals surface area contributed by atoms with E-state index < -0.39 is 0 Å². The second kappa shape index (κ2) is 28.8. The summed E-state index contributed by atoms with van der Waals surface area (Å²) in [6.45, 7) is 10.8.